The summed E-state index contributed by atoms with van der Waals surface area (Å²) in [5, 5.41) is 35.0. The molecule has 2 rings (SSSR count). The summed E-state index contributed by atoms with van der Waals surface area (Å²) in [6, 6.07) is 8.07. The number of rotatable bonds is 0. The van der Waals surface area contributed by atoms with Crippen LogP contribution in [0.25, 0.3) is 0 Å². The fraction of sp³-hybridized carbons (Fsp3) is 0.429. The van der Waals surface area contributed by atoms with Gasteiger partial charge in [0.25, 0.3) is 0 Å². The molecular formula is C14H23AlO3S2. The summed E-state index contributed by atoms with van der Waals surface area (Å²) in [5.74, 6) is 0. The zero-order chi connectivity index (χ0) is 15.2. The smallest absolute Gasteiger partial charge is 0.855 e. The van der Waals surface area contributed by atoms with Gasteiger partial charge in [-0.3, -0.25) is 0 Å². The molecule has 0 aromatic carbocycles. The van der Waals surface area contributed by atoms with Crippen LogP contribution in [0.2, 0.25) is 0 Å². The molecule has 0 aliphatic heterocycles. The van der Waals surface area contributed by atoms with Gasteiger partial charge in [0.2, 0.25) is 0 Å². The van der Waals surface area contributed by atoms with E-state index in [1.165, 1.54) is 0 Å². The van der Waals surface area contributed by atoms with Crippen molar-refractivity contribution < 1.29 is 15.3 Å². The van der Waals surface area contributed by atoms with Crippen LogP contribution < -0.4 is 15.3 Å². The molecule has 0 bridgehead atoms. The normalized spacial score (nSPS) is 6.70. The van der Waals surface area contributed by atoms with Gasteiger partial charge in [0.05, 0.1) is 0 Å². The van der Waals surface area contributed by atoms with Crippen molar-refractivity contribution in [2.45, 2.75) is 20.8 Å². The molecule has 0 saturated carbocycles. The Morgan fingerprint density at radius 3 is 0.800 bits per heavy atom. The van der Waals surface area contributed by atoms with Gasteiger partial charge >= 0.3 is 17.4 Å². The van der Waals surface area contributed by atoms with Crippen molar-refractivity contribution in [2.24, 2.45) is 0 Å². The molecule has 6 heteroatoms. The van der Waals surface area contributed by atoms with E-state index < -0.39 is 0 Å². The molecule has 0 saturated heterocycles. The Labute approximate surface area is 141 Å². The van der Waals surface area contributed by atoms with E-state index in [4.69, 9.17) is 15.3 Å². The van der Waals surface area contributed by atoms with E-state index in [2.05, 4.69) is 0 Å². The molecule has 0 N–H and O–H groups in total. The molecule has 0 spiro atoms. The van der Waals surface area contributed by atoms with Crippen LogP contribution in [0.1, 0.15) is 20.8 Å². The molecular weight excluding hydrogens is 307 g/mol. The third-order valence-electron chi connectivity index (χ3n) is 0.851. The maximum Gasteiger partial charge on any atom is 3.00 e. The minimum Gasteiger partial charge on any atom is -0.855 e. The molecule has 0 atom stereocenters. The van der Waals surface area contributed by atoms with Gasteiger partial charge in [-0.1, -0.05) is 45.0 Å². The van der Waals surface area contributed by atoms with E-state index in [1.807, 2.05) is 45.8 Å². The third-order valence-corrected chi connectivity index (χ3v) is 2.11. The number of thiophene rings is 2. The molecule has 2 aromatic heterocycles. The molecule has 20 heavy (non-hydrogen) atoms. The van der Waals surface area contributed by atoms with Crippen LogP contribution in [0.15, 0.2) is 45.8 Å². The first-order chi connectivity index (χ1) is 9.24. The van der Waals surface area contributed by atoms with E-state index >= 15 is 0 Å². The van der Waals surface area contributed by atoms with Crippen molar-refractivity contribution in [1.82, 2.24) is 0 Å². The van der Waals surface area contributed by atoms with E-state index in [0.717, 1.165) is 0 Å². The summed E-state index contributed by atoms with van der Waals surface area (Å²) >= 11 is 3.43. The molecule has 0 aliphatic carbocycles. The van der Waals surface area contributed by atoms with Crippen LogP contribution >= 0.6 is 22.7 Å². The topological polar surface area (TPSA) is 69.2 Å². The molecule has 2 aromatic rings. The summed E-state index contributed by atoms with van der Waals surface area (Å²) < 4.78 is 0. The van der Waals surface area contributed by atoms with Crippen molar-refractivity contribution in [3.63, 3.8) is 0 Å². The molecule has 2 heterocycles. The van der Waals surface area contributed by atoms with Crippen LogP contribution in [0, 0.1) is 0 Å². The SMILES string of the molecule is CC[O-].CC[O-].CC[O-].[Al+3].c1ccsc1.c1ccsc1. The van der Waals surface area contributed by atoms with E-state index in [0.29, 0.717) is 0 Å². The summed E-state index contributed by atoms with van der Waals surface area (Å²) in [6.07, 6.45) is 0. The van der Waals surface area contributed by atoms with Gasteiger partial charge in [-0.05, 0) is 21.5 Å². The number of hydrogen-bond donors (Lipinski definition) is 0. The Balaban J connectivity index is -0.0000000816. The fourth-order valence-electron chi connectivity index (χ4n) is 0.454. The number of hydrogen-bond acceptors (Lipinski definition) is 5. The predicted molar refractivity (Wildman–Crippen MR) is 86.0 cm³/mol. The van der Waals surface area contributed by atoms with Crippen molar-refractivity contribution in [3.8, 4) is 0 Å². The zero-order valence-electron chi connectivity index (χ0n) is 12.4. The Morgan fingerprint density at radius 2 is 0.750 bits per heavy atom. The van der Waals surface area contributed by atoms with Gasteiger partial charge in [-0.15, -0.1) is 19.8 Å². The standard InChI is InChI=1S/2C4H4S.3C2H5O.Al/c2*1-2-4-5-3-1;3*1-2-3;/h2*1-4H;3*2H2,1H3;/q;;3*-1;+3. The van der Waals surface area contributed by atoms with E-state index in [9.17, 15) is 0 Å². The molecule has 112 valence electrons. The largest absolute Gasteiger partial charge is 3.00 e. The van der Waals surface area contributed by atoms with Crippen LogP contribution in [-0.4, -0.2) is 37.2 Å². The first-order valence-electron chi connectivity index (χ1n) is 5.93. The first-order valence-corrected chi connectivity index (χ1v) is 7.82. The Morgan fingerprint density at radius 1 is 0.600 bits per heavy atom. The van der Waals surface area contributed by atoms with Crippen molar-refractivity contribution >= 4 is 40.0 Å². The molecule has 0 fully saturated rings. The van der Waals surface area contributed by atoms with Crippen molar-refractivity contribution in [3.05, 3.63) is 45.8 Å². The van der Waals surface area contributed by atoms with Gasteiger partial charge in [0, 0.05) is 0 Å². The van der Waals surface area contributed by atoms with Crippen molar-refractivity contribution in [1.29, 1.82) is 0 Å². The van der Waals surface area contributed by atoms with Crippen molar-refractivity contribution in [2.75, 3.05) is 19.8 Å². The molecule has 3 nitrogen and oxygen atoms in total. The maximum absolute atomic E-state index is 8.93. The predicted octanol–water partition coefficient (Wildman–Crippen LogP) is 1.22. The minimum atomic E-state index is 0. The van der Waals surface area contributed by atoms with Crippen LogP contribution in [0.3, 0.4) is 0 Å². The van der Waals surface area contributed by atoms with Gasteiger partial charge in [0.1, 0.15) is 0 Å². The molecule has 0 aliphatic rings. The Hall–Kier alpha value is -0.188. The zero-order valence-corrected chi connectivity index (χ0v) is 15.1. The van der Waals surface area contributed by atoms with Crippen LogP contribution in [-0.2, 0) is 0 Å². The average Bonchev–Trinajstić information content (AvgIpc) is 3.11. The van der Waals surface area contributed by atoms with Crippen LogP contribution in [0.5, 0.6) is 0 Å². The fourth-order valence-corrected chi connectivity index (χ4v) is 1.36. The maximum atomic E-state index is 8.93. The summed E-state index contributed by atoms with van der Waals surface area (Å²) in [5.41, 5.74) is 0. The molecule has 0 radical (unpaired) electrons. The second-order valence-corrected chi connectivity index (χ2v) is 4.09. The quantitative estimate of drug-likeness (QED) is 0.682. The van der Waals surface area contributed by atoms with Gasteiger partial charge in [-0.2, -0.15) is 22.7 Å². The second-order valence-electron chi connectivity index (χ2n) is 2.45. The summed E-state index contributed by atoms with van der Waals surface area (Å²) in [4.78, 5) is 0. The third kappa shape index (κ3) is 52.3. The first kappa shape index (κ1) is 28.0. The minimum absolute atomic E-state index is 0. The molecule has 0 amide bonds. The van der Waals surface area contributed by atoms with E-state index in [-0.39, 0.29) is 37.2 Å². The van der Waals surface area contributed by atoms with Gasteiger partial charge in [-0.25, -0.2) is 0 Å². The van der Waals surface area contributed by atoms with E-state index in [1.54, 1.807) is 43.4 Å². The van der Waals surface area contributed by atoms with Crippen LogP contribution in [0.4, 0.5) is 0 Å². The van der Waals surface area contributed by atoms with Gasteiger partial charge in [0.15, 0.2) is 0 Å². The summed E-state index contributed by atoms with van der Waals surface area (Å²) in [6.45, 7) is 4.71. The monoisotopic (exact) mass is 330 g/mol. The summed E-state index contributed by atoms with van der Waals surface area (Å²) in [7, 11) is 0. The average molecular weight is 330 g/mol. The Kier molecular flexibility index (Phi) is 51.0. The Bertz CT molecular complexity index is 198. The molecule has 0 unspecified atom stereocenters. The second kappa shape index (κ2) is 36.4. The van der Waals surface area contributed by atoms with Gasteiger partial charge < -0.3 is 15.3 Å².